The molecule has 1 fully saturated rings. The first kappa shape index (κ1) is 18.0. The van der Waals surface area contributed by atoms with Crippen LogP contribution in [-0.2, 0) is 10.3 Å². The van der Waals surface area contributed by atoms with Gasteiger partial charge in [-0.15, -0.1) is 6.42 Å². The van der Waals surface area contributed by atoms with E-state index < -0.39 is 23.4 Å². The molecule has 4 atom stereocenters. The number of rotatable bonds is 4. The molecule has 1 saturated heterocycles. The number of fused-ring (bicyclic) bond motifs is 2. The summed E-state index contributed by atoms with van der Waals surface area (Å²) in [5, 5.41) is 18.2. The summed E-state index contributed by atoms with van der Waals surface area (Å²) < 4.78 is 5.38. The van der Waals surface area contributed by atoms with Gasteiger partial charge in [-0.3, -0.25) is 20.2 Å². The van der Waals surface area contributed by atoms with E-state index >= 15 is 0 Å². The van der Waals surface area contributed by atoms with E-state index in [2.05, 4.69) is 16.6 Å². The third-order valence-electron chi connectivity index (χ3n) is 5.55. The van der Waals surface area contributed by atoms with Gasteiger partial charge in [0.1, 0.15) is 12.4 Å². The van der Waals surface area contributed by atoms with Crippen LogP contribution in [0.4, 0.5) is 5.69 Å². The molecule has 0 unspecified atom stereocenters. The SMILES string of the molecule is C#CCOc1ccc([C@@H]2[C@H](C)N[C@@]3(C(=O)Nc4ccccc43)[C@@H]2[N+](=O)[O-])cc1. The third-order valence-corrected chi connectivity index (χ3v) is 5.55. The molecule has 0 saturated carbocycles. The summed E-state index contributed by atoms with van der Waals surface area (Å²) in [6.45, 7) is 2.02. The third kappa shape index (κ3) is 2.53. The van der Waals surface area contributed by atoms with Crippen LogP contribution in [0, 0.1) is 22.5 Å². The molecule has 7 heteroatoms. The van der Waals surface area contributed by atoms with Crippen molar-refractivity contribution in [3.63, 3.8) is 0 Å². The zero-order chi connectivity index (χ0) is 19.9. The molecule has 4 rings (SSSR count). The number of hydrogen-bond donors (Lipinski definition) is 2. The standard InChI is InChI=1S/C21H19N3O4/c1-3-12-28-15-10-8-14(9-11-15)18-13(2)23-21(19(18)24(26)27)16-6-4-5-7-17(16)22-20(21)25/h1,4-11,13,18-19,23H,12H2,2H3,(H,22,25)/t13-,18-,19+,21+/m0/s1. The van der Waals surface area contributed by atoms with Crippen LogP contribution in [0.15, 0.2) is 48.5 Å². The lowest BCUT2D eigenvalue weighted by Crippen LogP contribution is -2.54. The molecule has 2 N–H and O–H groups in total. The second-order valence-electron chi connectivity index (χ2n) is 7.06. The quantitative estimate of drug-likeness (QED) is 0.484. The summed E-state index contributed by atoms with van der Waals surface area (Å²) in [5.74, 6) is 2.11. The molecule has 2 aromatic carbocycles. The van der Waals surface area contributed by atoms with Gasteiger partial charge in [0.15, 0.2) is 5.54 Å². The fraction of sp³-hybridized carbons (Fsp3) is 0.286. The zero-order valence-corrected chi connectivity index (χ0v) is 15.2. The molecule has 1 amide bonds. The maximum Gasteiger partial charge on any atom is 0.256 e. The van der Waals surface area contributed by atoms with E-state index in [0.29, 0.717) is 17.0 Å². The number of amides is 1. The van der Waals surface area contributed by atoms with Gasteiger partial charge in [-0.05, 0) is 30.7 Å². The Morgan fingerprint density at radius 1 is 1.25 bits per heavy atom. The van der Waals surface area contributed by atoms with Gasteiger partial charge in [-0.25, -0.2) is 0 Å². The molecular formula is C21H19N3O4. The lowest BCUT2D eigenvalue weighted by atomic mass is 9.78. The van der Waals surface area contributed by atoms with Crippen LogP contribution in [0.2, 0.25) is 0 Å². The fourth-order valence-electron chi connectivity index (χ4n) is 4.46. The van der Waals surface area contributed by atoms with Crippen LogP contribution in [0.25, 0.3) is 0 Å². The Hall–Kier alpha value is -3.37. The number of carbonyl (C=O) groups excluding carboxylic acids is 1. The fourth-order valence-corrected chi connectivity index (χ4v) is 4.46. The van der Waals surface area contributed by atoms with Crippen LogP contribution >= 0.6 is 0 Å². The first-order valence-electron chi connectivity index (χ1n) is 8.97. The predicted molar refractivity (Wildman–Crippen MR) is 104 cm³/mol. The Kier molecular flexibility index (Phi) is 4.28. The van der Waals surface area contributed by atoms with Crippen LogP contribution < -0.4 is 15.4 Å². The molecule has 0 bridgehead atoms. The van der Waals surface area contributed by atoms with E-state index in [4.69, 9.17) is 11.2 Å². The Morgan fingerprint density at radius 2 is 1.96 bits per heavy atom. The summed E-state index contributed by atoms with van der Waals surface area (Å²) in [4.78, 5) is 24.8. The number of carbonyl (C=O) groups is 1. The minimum atomic E-state index is -1.40. The molecule has 7 nitrogen and oxygen atoms in total. The van der Waals surface area contributed by atoms with E-state index in [0.717, 1.165) is 5.56 Å². The maximum atomic E-state index is 12.9. The minimum absolute atomic E-state index is 0.151. The van der Waals surface area contributed by atoms with Crippen molar-refractivity contribution >= 4 is 11.6 Å². The van der Waals surface area contributed by atoms with Gasteiger partial charge in [-0.1, -0.05) is 36.3 Å². The molecule has 28 heavy (non-hydrogen) atoms. The number of benzene rings is 2. The van der Waals surface area contributed by atoms with Gasteiger partial charge >= 0.3 is 0 Å². The second-order valence-corrected chi connectivity index (χ2v) is 7.06. The van der Waals surface area contributed by atoms with Crippen molar-refractivity contribution in [1.82, 2.24) is 5.32 Å². The number of hydrogen-bond acceptors (Lipinski definition) is 5. The molecular weight excluding hydrogens is 358 g/mol. The molecule has 2 aliphatic heterocycles. The highest BCUT2D eigenvalue weighted by atomic mass is 16.6. The first-order chi connectivity index (χ1) is 13.5. The number of nitrogens with one attached hydrogen (secondary N) is 2. The molecule has 0 aliphatic carbocycles. The van der Waals surface area contributed by atoms with E-state index in [1.54, 1.807) is 48.5 Å². The molecule has 0 radical (unpaired) electrons. The summed E-state index contributed by atoms with van der Waals surface area (Å²) in [6, 6.07) is 12.7. The maximum absolute atomic E-state index is 12.9. The van der Waals surface area contributed by atoms with Crippen molar-refractivity contribution in [1.29, 1.82) is 0 Å². The number of ether oxygens (including phenoxy) is 1. The molecule has 0 aromatic heterocycles. The average molecular weight is 377 g/mol. The number of nitro groups is 1. The van der Waals surface area contributed by atoms with E-state index in [-0.39, 0.29) is 17.6 Å². The first-order valence-corrected chi connectivity index (χ1v) is 8.97. The second kappa shape index (κ2) is 6.66. The van der Waals surface area contributed by atoms with Crippen molar-refractivity contribution in [2.24, 2.45) is 0 Å². The summed E-state index contributed by atoms with van der Waals surface area (Å²) >= 11 is 0. The van der Waals surface area contributed by atoms with Gasteiger partial charge in [-0.2, -0.15) is 0 Å². The number of nitrogens with zero attached hydrogens (tertiary/aromatic N) is 1. The Morgan fingerprint density at radius 3 is 2.64 bits per heavy atom. The highest BCUT2D eigenvalue weighted by molar-refractivity contribution is 6.07. The Bertz CT molecular complexity index is 982. The van der Waals surface area contributed by atoms with Crippen LogP contribution in [0.1, 0.15) is 24.0 Å². The van der Waals surface area contributed by atoms with E-state index in [1.165, 1.54) is 0 Å². The molecule has 2 aliphatic rings. The molecule has 2 heterocycles. The minimum Gasteiger partial charge on any atom is -0.481 e. The normalized spacial score (nSPS) is 27.9. The van der Waals surface area contributed by atoms with Crippen molar-refractivity contribution in [3.8, 4) is 18.1 Å². The van der Waals surface area contributed by atoms with Gasteiger partial charge in [0, 0.05) is 22.2 Å². The van der Waals surface area contributed by atoms with Gasteiger partial charge in [0.2, 0.25) is 0 Å². The lowest BCUT2D eigenvalue weighted by Gasteiger charge is -2.25. The lowest BCUT2D eigenvalue weighted by molar-refractivity contribution is -0.532. The van der Waals surface area contributed by atoms with Crippen molar-refractivity contribution in [3.05, 3.63) is 69.8 Å². The highest BCUT2D eigenvalue weighted by Gasteiger charge is 2.67. The number of terminal acetylenes is 1. The predicted octanol–water partition coefficient (Wildman–Crippen LogP) is 2.27. The smallest absolute Gasteiger partial charge is 0.256 e. The van der Waals surface area contributed by atoms with Crippen LogP contribution in [0.5, 0.6) is 5.75 Å². The topological polar surface area (TPSA) is 93.5 Å². The van der Waals surface area contributed by atoms with E-state index in [9.17, 15) is 14.9 Å². The molecule has 142 valence electrons. The van der Waals surface area contributed by atoms with Crippen molar-refractivity contribution in [2.75, 3.05) is 11.9 Å². The Balaban J connectivity index is 1.77. The largest absolute Gasteiger partial charge is 0.481 e. The summed E-state index contributed by atoms with van der Waals surface area (Å²) in [6.07, 6.45) is 5.20. The highest BCUT2D eigenvalue weighted by Crippen LogP contribution is 2.49. The zero-order valence-electron chi connectivity index (χ0n) is 15.2. The van der Waals surface area contributed by atoms with Gasteiger partial charge < -0.3 is 10.1 Å². The van der Waals surface area contributed by atoms with Gasteiger partial charge in [0.05, 0.1) is 5.92 Å². The summed E-state index contributed by atoms with van der Waals surface area (Å²) in [5.41, 5.74) is 0.592. The van der Waals surface area contributed by atoms with Gasteiger partial charge in [0.25, 0.3) is 11.9 Å². The number of para-hydroxylation sites is 1. The molecule has 2 aromatic rings. The Labute approximate surface area is 162 Å². The molecule has 1 spiro atoms. The number of anilines is 1. The average Bonchev–Trinajstić information content (AvgIpc) is 3.15. The summed E-state index contributed by atoms with van der Waals surface area (Å²) in [7, 11) is 0. The van der Waals surface area contributed by atoms with Crippen LogP contribution in [0.3, 0.4) is 0 Å². The van der Waals surface area contributed by atoms with Crippen LogP contribution in [-0.4, -0.2) is 29.5 Å². The van der Waals surface area contributed by atoms with Crippen molar-refractivity contribution in [2.45, 2.75) is 30.5 Å². The monoisotopic (exact) mass is 377 g/mol. The van der Waals surface area contributed by atoms with Crippen molar-refractivity contribution < 1.29 is 14.5 Å². The van der Waals surface area contributed by atoms with E-state index in [1.807, 2.05) is 6.92 Å².